The van der Waals surface area contributed by atoms with Crippen LogP contribution in [-0.2, 0) is 11.3 Å². The highest BCUT2D eigenvalue weighted by atomic mass is 32.2. The lowest BCUT2D eigenvalue weighted by molar-refractivity contribution is -0.117. The van der Waals surface area contributed by atoms with Crippen molar-refractivity contribution in [3.05, 3.63) is 66.6 Å². The van der Waals surface area contributed by atoms with Gasteiger partial charge in [-0.2, -0.15) is 0 Å². The Bertz CT molecular complexity index is 895. The molecule has 7 nitrogen and oxygen atoms in total. The van der Waals surface area contributed by atoms with Gasteiger partial charge in [-0.1, -0.05) is 17.8 Å². The molecular formula is C17H15FN4O3S. The Morgan fingerprint density at radius 2 is 2.15 bits per heavy atom. The number of nitrogens with zero attached hydrogens (tertiary/aromatic N) is 2. The van der Waals surface area contributed by atoms with E-state index in [1.54, 1.807) is 41.2 Å². The predicted molar refractivity (Wildman–Crippen MR) is 93.3 cm³/mol. The van der Waals surface area contributed by atoms with Crippen LogP contribution < -0.4 is 10.6 Å². The van der Waals surface area contributed by atoms with Gasteiger partial charge in [0.1, 0.15) is 11.6 Å². The fourth-order valence-corrected chi connectivity index (χ4v) is 2.91. The number of thioether (sulfide) groups is 1. The summed E-state index contributed by atoms with van der Waals surface area (Å²) in [4.78, 5) is 27.7. The molecule has 3 amide bonds. The Kier molecular flexibility index (Phi) is 5.69. The zero-order valence-electron chi connectivity index (χ0n) is 13.5. The Morgan fingerprint density at radius 3 is 2.92 bits per heavy atom. The van der Waals surface area contributed by atoms with Crippen LogP contribution in [0.15, 0.2) is 64.6 Å². The van der Waals surface area contributed by atoms with Crippen LogP contribution in [0.3, 0.4) is 0 Å². The number of hydrogen-bond acceptors (Lipinski definition) is 5. The number of halogens is 1. The van der Waals surface area contributed by atoms with Crippen LogP contribution in [0.4, 0.5) is 9.18 Å². The summed E-state index contributed by atoms with van der Waals surface area (Å²) in [6.07, 6.45) is 4.73. The van der Waals surface area contributed by atoms with Crippen molar-refractivity contribution in [2.75, 3.05) is 5.75 Å². The first-order chi connectivity index (χ1) is 12.6. The fourth-order valence-electron chi connectivity index (χ4n) is 2.14. The van der Waals surface area contributed by atoms with Crippen LogP contribution in [0.2, 0.25) is 0 Å². The first-order valence-electron chi connectivity index (χ1n) is 7.64. The number of carbonyl (C=O) groups is 2. The number of hydrogen-bond donors (Lipinski definition) is 2. The van der Waals surface area contributed by atoms with Gasteiger partial charge in [0.05, 0.1) is 24.2 Å². The molecule has 1 aromatic carbocycles. The van der Waals surface area contributed by atoms with Crippen LogP contribution in [0, 0.1) is 5.82 Å². The molecule has 2 aromatic heterocycles. The summed E-state index contributed by atoms with van der Waals surface area (Å²) in [6.45, 7) is 0.184. The van der Waals surface area contributed by atoms with E-state index in [-0.39, 0.29) is 18.1 Å². The summed E-state index contributed by atoms with van der Waals surface area (Å²) in [6, 6.07) is 8.85. The number of urea groups is 1. The molecule has 9 heteroatoms. The summed E-state index contributed by atoms with van der Waals surface area (Å²) in [5, 5.41) is 5.26. The molecule has 0 saturated carbocycles. The van der Waals surface area contributed by atoms with Crippen molar-refractivity contribution < 1.29 is 18.4 Å². The first kappa shape index (κ1) is 17.7. The van der Waals surface area contributed by atoms with E-state index in [1.165, 1.54) is 18.4 Å². The molecule has 2 N–H and O–H groups in total. The lowest BCUT2D eigenvalue weighted by Gasteiger charge is -2.08. The lowest BCUT2D eigenvalue weighted by atomic mass is 10.3. The Balaban J connectivity index is 1.50. The average Bonchev–Trinajstić information content (AvgIpc) is 3.30. The summed E-state index contributed by atoms with van der Waals surface area (Å²) in [5.74, 6) is -0.265. The number of rotatable bonds is 6. The SMILES string of the molecule is O=C(CSc1nccn1-c1cccc(F)c1)NC(=O)NCc1ccco1. The second kappa shape index (κ2) is 8.34. The van der Waals surface area contributed by atoms with Crippen LogP contribution >= 0.6 is 11.8 Å². The molecule has 0 saturated heterocycles. The maximum absolute atomic E-state index is 13.4. The van der Waals surface area contributed by atoms with Crippen molar-refractivity contribution in [3.63, 3.8) is 0 Å². The molecule has 0 bridgehead atoms. The molecule has 0 atom stereocenters. The van der Waals surface area contributed by atoms with Gasteiger partial charge in [-0.3, -0.25) is 14.7 Å². The fraction of sp³-hybridized carbons (Fsp3) is 0.118. The standard InChI is InChI=1S/C17H15FN4O3S/c18-12-3-1-4-13(9-12)22-7-6-19-17(22)26-11-15(23)21-16(24)20-10-14-5-2-8-25-14/h1-9H,10-11H2,(H2,20,21,23,24). The van der Waals surface area contributed by atoms with Gasteiger partial charge in [0.25, 0.3) is 0 Å². The Labute approximate surface area is 152 Å². The van der Waals surface area contributed by atoms with Crippen LogP contribution in [-0.4, -0.2) is 27.2 Å². The summed E-state index contributed by atoms with van der Waals surface area (Å²) < 4.78 is 20.1. The third-order valence-electron chi connectivity index (χ3n) is 3.28. The summed E-state index contributed by atoms with van der Waals surface area (Å²) >= 11 is 1.14. The van der Waals surface area contributed by atoms with E-state index in [1.807, 2.05) is 0 Å². The van der Waals surface area contributed by atoms with E-state index in [0.717, 1.165) is 11.8 Å². The third kappa shape index (κ3) is 4.73. The van der Waals surface area contributed by atoms with E-state index >= 15 is 0 Å². The summed E-state index contributed by atoms with van der Waals surface area (Å²) in [7, 11) is 0. The molecule has 26 heavy (non-hydrogen) atoms. The number of furan rings is 1. The number of imide groups is 1. The lowest BCUT2D eigenvalue weighted by Crippen LogP contribution is -2.39. The van der Waals surface area contributed by atoms with Crippen molar-refractivity contribution >= 4 is 23.7 Å². The predicted octanol–water partition coefficient (Wildman–Crippen LogP) is 2.72. The number of aromatic nitrogens is 2. The third-order valence-corrected chi connectivity index (χ3v) is 4.25. The molecule has 0 unspecified atom stereocenters. The van der Waals surface area contributed by atoms with Crippen molar-refractivity contribution in [3.8, 4) is 5.69 Å². The number of carbonyl (C=O) groups excluding carboxylic acids is 2. The second-order valence-electron chi connectivity index (χ2n) is 5.16. The van der Waals surface area contributed by atoms with Gasteiger partial charge >= 0.3 is 6.03 Å². The quantitative estimate of drug-likeness (QED) is 0.648. The molecule has 134 valence electrons. The Hall–Kier alpha value is -3.07. The van der Waals surface area contributed by atoms with E-state index in [9.17, 15) is 14.0 Å². The monoisotopic (exact) mass is 374 g/mol. The van der Waals surface area contributed by atoms with Crippen LogP contribution in [0.5, 0.6) is 0 Å². The van der Waals surface area contributed by atoms with Crippen LogP contribution in [0.1, 0.15) is 5.76 Å². The molecule has 0 aliphatic carbocycles. The van der Waals surface area contributed by atoms with Gasteiger partial charge in [0.2, 0.25) is 5.91 Å². The zero-order chi connectivity index (χ0) is 18.4. The highest BCUT2D eigenvalue weighted by Crippen LogP contribution is 2.20. The van der Waals surface area contributed by atoms with E-state index in [0.29, 0.717) is 16.6 Å². The van der Waals surface area contributed by atoms with Gasteiger partial charge in [0.15, 0.2) is 5.16 Å². The topological polar surface area (TPSA) is 89.2 Å². The smallest absolute Gasteiger partial charge is 0.321 e. The molecule has 3 aromatic rings. The number of nitrogens with one attached hydrogen (secondary N) is 2. The van der Waals surface area contributed by atoms with E-state index in [4.69, 9.17) is 4.42 Å². The van der Waals surface area contributed by atoms with Gasteiger partial charge < -0.3 is 9.73 Å². The molecule has 3 rings (SSSR count). The minimum Gasteiger partial charge on any atom is -0.467 e. The second-order valence-corrected chi connectivity index (χ2v) is 6.10. The first-order valence-corrected chi connectivity index (χ1v) is 8.62. The molecule has 2 heterocycles. The van der Waals surface area contributed by atoms with Gasteiger partial charge in [-0.05, 0) is 30.3 Å². The summed E-state index contributed by atoms with van der Waals surface area (Å²) in [5.41, 5.74) is 0.599. The van der Waals surface area contributed by atoms with Gasteiger partial charge in [-0.15, -0.1) is 0 Å². The highest BCUT2D eigenvalue weighted by molar-refractivity contribution is 7.99. The van der Waals surface area contributed by atoms with Crippen molar-refractivity contribution in [1.29, 1.82) is 0 Å². The highest BCUT2D eigenvalue weighted by Gasteiger charge is 2.12. The number of benzene rings is 1. The Morgan fingerprint density at radius 1 is 1.27 bits per heavy atom. The number of amides is 3. The maximum Gasteiger partial charge on any atom is 0.321 e. The molecule has 0 radical (unpaired) electrons. The van der Waals surface area contributed by atoms with Gasteiger partial charge in [-0.25, -0.2) is 14.2 Å². The maximum atomic E-state index is 13.4. The van der Waals surface area contributed by atoms with Gasteiger partial charge in [0, 0.05) is 12.4 Å². The largest absolute Gasteiger partial charge is 0.467 e. The molecule has 0 aliphatic heterocycles. The molecule has 0 aliphatic rings. The van der Waals surface area contributed by atoms with Crippen molar-refractivity contribution in [2.45, 2.75) is 11.7 Å². The van der Waals surface area contributed by atoms with E-state index < -0.39 is 11.9 Å². The van der Waals surface area contributed by atoms with Crippen LogP contribution in [0.25, 0.3) is 5.69 Å². The molecule has 0 spiro atoms. The average molecular weight is 374 g/mol. The van der Waals surface area contributed by atoms with E-state index in [2.05, 4.69) is 15.6 Å². The molecular weight excluding hydrogens is 359 g/mol. The molecule has 0 fully saturated rings. The number of imidazole rings is 1. The minimum atomic E-state index is -0.611. The zero-order valence-corrected chi connectivity index (χ0v) is 14.3. The normalized spacial score (nSPS) is 10.5. The minimum absolute atomic E-state index is 0.0134. The van der Waals surface area contributed by atoms with Crippen molar-refractivity contribution in [2.24, 2.45) is 0 Å². The van der Waals surface area contributed by atoms with Crippen molar-refractivity contribution in [1.82, 2.24) is 20.2 Å².